The van der Waals surface area contributed by atoms with Crippen LogP contribution in [0.3, 0.4) is 0 Å². The average Bonchev–Trinajstić information content (AvgIpc) is 3.13. The van der Waals surface area contributed by atoms with Crippen molar-refractivity contribution in [3.63, 3.8) is 0 Å². The summed E-state index contributed by atoms with van der Waals surface area (Å²) in [7, 11) is 1.76. The fourth-order valence-electron chi connectivity index (χ4n) is 4.06. The Balaban J connectivity index is 2.05. The van der Waals surface area contributed by atoms with Crippen LogP contribution in [0.1, 0.15) is 96.8 Å². The average molecular weight is 464 g/mol. The SMILES string of the molecule is CCCCCCCCCCCCCO[C@H]1CCC[C@H]1COP(=O)([O-])OCC[N+](C)(C)C. The van der Waals surface area contributed by atoms with E-state index in [1.807, 2.05) is 21.1 Å². The Morgan fingerprint density at radius 1 is 0.839 bits per heavy atom. The minimum Gasteiger partial charge on any atom is -0.756 e. The molecular weight excluding hydrogens is 413 g/mol. The number of phosphoric acid groups is 1. The first-order valence-corrected chi connectivity index (χ1v) is 14.2. The summed E-state index contributed by atoms with van der Waals surface area (Å²) in [6, 6.07) is 0. The minimum atomic E-state index is -4.23. The molecule has 1 unspecified atom stereocenters. The van der Waals surface area contributed by atoms with Gasteiger partial charge < -0.3 is 23.2 Å². The van der Waals surface area contributed by atoms with E-state index in [2.05, 4.69) is 6.92 Å². The molecule has 1 saturated carbocycles. The van der Waals surface area contributed by atoms with Crippen LogP contribution < -0.4 is 4.89 Å². The monoisotopic (exact) mass is 463 g/mol. The summed E-state index contributed by atoms with van der Waals surface area (Å²) >= 11 is 0. The number of likely N-dealkylation sites (N-methyl/N-ethyl adjacent to an activating group) is 1. The van der Waals surface area contributed by atoms with Crippen LogP contribution in [0.4, 0.5) is 0 Å². The summed E-state index contributed by atoms with van der Waals surface area (Å²) < 4.78 is 28.9. The second-order valence-electron chi connectivity index (χ2n) is 10.2. The smallest absolute Gasteiger partial charge is 0.268 e. The number of ether oxygens (including phenoxy) is 1. The number of nitrogens with zero attached hydrogens (tertiary/aromatic N) is 1. The standard InChI is InChI=1S/C24H50NO5P/c1-5-6-7-8-9-10-11-12-13-14-15-20-28-24-18-16-17-23(24)22-30-31(26,27)29-21-19-25(2,3)4/h23-24H,5-22H2,1-4H3/t23-,24-/m0/s1. The molecule has 1 rings (SSSR count). The van der Waals surface area contributed by atoms with Crippen molar-refractivity contribution in [3.05, 3.63) is 0 Å². The molecule has 186 valence electrons. The van der Waals surface area contributed by atoms with Crippen molar-refractivity contribution < 1.29 is 27.7 Å². The third kappa shape index (κ3) is 16.3. The maximum atomic E-state index is 12.0. The van der Waals surface area contributed by atoms with E-state index in [1.54, 1.807) is 0 Å². The second-order valence-corrected chi connectivity index (χ2v) is 11.6. The van der Waals surface area contributed by atoms with E-state index in [1.165, 1.54) is 64.2 Å². The lowest BCUT2D eigenvalue weighted by atomic mass is 10.1. The normalized spacial score (nSPS) is 21.5. The van der Waals surface area contributed by atoms with Gasteiger partial charge in [0.25, 0.3) is 7.82 Å². The molecule has 0 aromatic rings. The van der Waals surface area contributed by atoms with Gasteiger partial charge in [-0.15, -0.1) is 0 Å². The van der Waals surface area contributed by atoms with Crippen molar-refractivity contribution in [2.75, 3.05) is 47.5 Å². The zero-order valence-corrected chi connectivity index (χ0v) is 21.7. The van der Waals surface area contributed by atoms with E-state index in [9.17, 15) is 9.46 Å². The van der Waals surface area contributed by atoms with Crippen molar-refractivity contribution in [2.24, 2.45) is 5.92 Å². The van der Waals surface area contributed by atoms with Crippen LogP contribution in [-0.2, 0) is 18.3 Å². The van der Waals surface area contributed by atoms with Crippen molar-refractivity contribution in [2.45, 2.75) is 103 Å². The molecule has 0 aromatic heterocycles. The van der Waals surface area contributed by atoms with Gasteiger partial charge in [0.1, 0.15) is 13.2 Å². The summed E-state index contributed by atoms with van der Waals surface area (Å²) in [5.74, 6) is 0.150. The summed E-state index contributed by atoms with van der Waals surface area (Å²) in [5.41, 5.74) is 0. The summed E-state index contributed by atoms with van der Waals surface area (Å²) in [6.45, 7) is 3.97. The molecule has 0 aromatic carbocycles. The van der Waals surface area contributed by atoms with Crippen LogP contribution in [0.5, 0.6) is 0 Å². The molecule has 0 N–H and O–H groups in total. The van der Waals surface area contributed by atoms with Crippen molar-refractivity contribution in [3.8, 4) is 0 Å². The Bertz CT molecular complexity index is 483. The van der Waals surface area contributed by atoms with Gasteiger partial charge in [0.2, 0.25) is 0 Å². The first-order chi connectivity index (χ1) is 14.7. The van der Waals surface area contributed by atoms with E-state index in [0.717, 1.165) is 32.3 Å². The van der Waals surface area contributed by atoms with Crippen LogP contribution in [0, 0.1) is 5.92 Å². The highest BCUT2D eigenvalue weighted by Crippen LogP contribution is 2.40. The predicted octanol–water partition coefficient (Wildman–Crippen LogP) is 5.69. The van der Waals surface area contributed by atoms with E-state index in [-0.39, 0.29) is 25.2 Å². The lowest BCUT2D eigenvalue weighted by Gasteiger charge is -2.28. The molecular formula is C24H50NO5P. The predicted molar refractivity (Wildman–Crippen MR) is 126 cm³/mol. The molecule has 6 nitrogen and oxygen atoms in total. The Hall–Kier alpha value is 0.0300. The summed E-state index contributed by atoms with van der Waals surface area (Å²) in [5, 5.41) is 0. The van der Waals surface area contributed by atoms with Gasteiger partial charge in [0.15, 0.2) is 0 Å². The molecule has 0 amide bonds. The Morgan fingerprint density at radius 3 is 2.00 bits per heavy atom. The lowest BCUT2D eigenvalue weighted by molar-refractivity contribution is -0.870. The van der Waals surface area contributed by atoms with Crippen molar-refractivity contribution in [1.29, 1.82) is 0 Å². The first kappa shape index (κ1) is 29.1. The Labute approximate surface area is 192 Å². The highest BCUT2D eigenvalue weighted by molar-refractivity contribution is 7.45. The van der Waals surface area contributed by atoms with Crippen LogP contribution in [0.25, 0.3) is 0 Å². The molecule has 0 saturated heterocycles. The highest BCUT2D eigenvalue weighted by Gasteiger charge is 2.29. The van der Waals surface area contributed by atoms with Gasteiger partial charge in [-0.3, -0.25) is 4.57 Å². The number of rotatable bonds is 20. The van der Waals surface area contributed by atoms with E-state index in [4.69, 9.17) is 13.8 Å². The van der Waals surface area contributed by atoms with Gasteiger partial charge >= 0.3 is 0 Å². The molecule has 3 atom stereocenters. The van der Waals surface area contributed by atoms with Gasteiger partial charge in [-0.2, -0.15) is 0 Å². The third-order valence-electron chi connectivity index (χ3n) is 6.13. The molecule has 0 aliphatic heterocycles. The topological polar surface area (TPSA) is 67.8 Å². The van der Waals surface area contributed by atoms with Crippen LogP contribution in [0.15, 0.2) is 0 Å². The zero-order valence-electron chi connectivity index (χ0n) is 20.8. The quantitative estimate of drug-likeness (QED) is 0.132. The molecule has 1 aliphatic rings. The molecule has 1 aliphatic carbocycles. The Morgan fingerprint density at radius 2 is 1.42 bits per heavy atom. The number of quaternary nitrogens is 1. The summed E-state index contributed by atoms with van der Waals surface area (Å²) in [4.78, 5) is 12.0. The fraction of sp³-hybridized carbons (Fsp3) is 1.00. The summed E-state index contributed by atoms with van der Waals surface area (Å²) in [6.07, 6.45) is 17.7. The van der Waals surface area contributed by atoms with Gasteiger partial charge in [-0.05, 0) is 19.3 Å². The number of hydrogen-bond donors (Lipinski definition) is 0. The molecule has 7 heteroatoms. The largest absolute Gasteiger partial charge is 0.756 e. The minimum absolute atomic E-state index is 0.120. The maximum Gasteiger partial charge on any atom is 0.268 e. The van der Waals surface area contributed by atoms with Gasteiger partial charge in [-0.25, -0.2) is 0 Å². The Kier molecular flexibility index (Phi) is 15.6. The molecule has 1 fully saturated rings. The van der Waals surface area contributed by atoms with E-state index in [0.29, 0.717) is 11.0 Å². The molecule has 31 heavy (non-hydrogen) atoms. The van der Waals surface area contributed by atoms with E-state index < -0.39 is 7.82 Å². The van der Waals surface area contributed by atoms with E-state index >= 15 is 0 Å². The fourth-order valence-corrected chi connectivity index (χ4v) is 4.82. The van der Waals surface area contributed by atoms with Gasteiger partial charge in [-0.1, -0.05) is 77.6 Å². The van der Waals surface area contributed by atoms with Crippen LogP contribution in [-0.4, -0.2) is 58.1 Å². The lowest BCUT2D eigenvalue weighted by Crippen LogP contribution is -2.37. The van der Waals surface area contributed by atoms with Crippen LogP contribution >= 0.6 is 7.82 Å². The molecule has 0 radical (unpaired) electrons. The van der Waals surface area contributed by atoms with Gasteiger partial charge in [0, 0.05) is 12.5 Å². The van der Waals surface area contributed by atoms with Gasteiger partial charge in [0.05, 0.1) is 33.9 Å². The number of unbranched alkanes of at least 4 members (excludes halogenated alkanes) is 10. The molecule has 0 bridgehead atoms. The molecule has 0 spiro atoms. The highest BCUT2D eigenvalue weighted by atomic mass is 31.2. The zero-order chi connectivity index (χ0) is 23.0. The number of hydrogen-bond acceptors (Lipinski definition) is 5. The van der Waals surface area contributed by atoms with Crippen molar-refractivity contribution >= 4 is 7.82 Å². The number of phosphoric ester groups is 1. The van der Waals surface area contributed by atoms with Crippen LogP contribution in [0.2, 0.25) is 0 Å². The third-order valence-corrected chi connectivity index (χ3v) is 7.09. The van der Waals surface area contributed by atoms with Crippen molar-refractivity contribution in [1.82, 2.24) is 0 Å². The second kappa shape index (κ2) is 16.6. The maximum absolute atomic E-state index is 12.0. The molecule has 0 heterocycles. The first-order valence-electron chi connectivity index (χ1n) is 12.8.